The predicted molar refractivity (Wildman–Crippen MR) is 121 cm³/mol. The number of amides is 1. The minimum atomic E-state index is -0.752. The maximum absolute atomic E-state index is 15.3. The van der Waals surface area contributed by atoms with E-state index in [9.17, 15) is 9.18 Å². The topological polar surface area (TPSA) is 96.7 Å². The molecule has 184 valence electrons. The number of piperidine rings is 1. The number of hydrogen-bond donors (Lipinski definition) is 1. The van der Waals surface area contributed by atoms with Crippen molar-refractivity contribution in [1.82, 2.24) is 9.88 Å². The molecule has 1 saturated carbocycles. The van der Waals surface area contributed by atoms with Gasteiger partial charge in [-0.25, -0.2) is 14.2 Å². The van der Waals surface area contributed by atoms with Gasteiger partial charge >= 0.3 is 6.09 Å². The van der Waals surface area contributed by atoms with Gasteiger partial charge in [0.25, 0.3) is 5.88 Å². The summed E-state index contributed by atoms with van der Waals surface area (Å²) in [5.41, 5.74) is 0.191. The van der Waals surface area contributed by atoms with Crippen LogP contribution in [0.1, 0.15) is 31.2 Å². The minimum Gasteiger partial charge on any atom is -0.471 e. The number of nitrogens with zero attached hydrogens (tertiary/aromatic N) is 3. The number of fused-ring (bicyclic) bond motifs is 2. The zero-order valence-electron chi connectivity index (χ0n) is 19.1. The number of benzene rings is 1. The van der Waals surface area contributed by atoms with Gasteiger partial charge in [0.15, 0.2) is 0 Å². The van der Waals surface area contributed by atoms with Gasteiger partial charge in [-0.1, -0.05) is 0 Å². The predicted octanol–water partition coefficient (Wildman–Crippen LogP) is 4.38. The molecule has 3 aliphatic rings. The first-order chi connectivity index (χ1) is 17.0. The number of nitrogens with one attached hydrogen (secondary N) is 1. The molecule has 0 radical (unpaired) electrons. The van der Waals surface area contributed by atoms with Crippen LogP contribution in [0.4, 0.5) is 25.0 Å². The molecule has 2 aromatic rings. The molecule has 1 aromatic carbocycles. The van der Waals surface area contributed by atoms with Gasteiger partial charge in [-0.2, -0.15) is 9.65 Å². The maximum atomic E-state index is 15.3. The van der Waals surface area contributed by atoms with Crippen LogP contribution in [0.25, 0.3) is 0 Å². The van der Waals surface area contributed by atoms with Crippen LogP contribution in [-0.2, 0) is 9.47 Å². The van der Waals surface area contributed by atoms with Gasteiger partial charge in [-0.3, -0.25) is 0 Å². The molecule has 2 aliphatic heterocycles. The van der Waals surface area contributed by atoms with Crippen molar-refractivity contribution in [2.75, 3.05) is 31.6 Å². The van der Waals surface area contributed by atoms with Crippen molar-refractivity contribution in [2.24, 2.45) is 11.8 Å². The lowest BCUT2D eigenvalue weighted by Crippen LogP contribution is -2.59. The highest BCUT2D eigenvalue weighted by Crippen LogP contribution is 2.34. The molecular formula is C25H26F2N4O4. The Hall–Kier alpha value is -3.45. The molecular weight excluding hydrogens is 458 g/mol. The first-order valence-electron chi connectivity index (χ1n) is 11.8. The van der Waals surface area contributed by atoms with Crippen LogP contribution in [0.3, 0.4) is 0 Å². The summed E-state index contributed by atoms with van der Waals surface area (Å²) in [5, 5.41) is 11.6. The lowest BCUT2D eigenvalue weighted by molar-refractivity contribution is -0.112. The number of aromatic nitrogens is 1. The fourth-order valence-corrected chi connectivity index (χ4v) is 5.03. The molecule has 2 atom stereocenters. The van der Waals surface area contributed by atoms with Gasteiger partial charge < -0.3 is 24.4 Å². The van der Waals surface area contributed by atoms with Crippen molar-refractivity contribution >= 4 is 17.5 Å². The number of pyridine rings is 1. The number of nitriles is 1. The lowest BCUT2D eigenvalue weighted by atomic mass is 9.84. The van der Waals surface area contributed by atoms with E-state index in [0.717, 1.165) is 31.7 Å². The van der Waals surface area contributed by atoms with E-state index in [1.165, 1.54) is 24.4 Å². The smallest absolute Gasteiger partial charge is 0.410 e. The molecule has 3 heterocycles. The van der Waals surface area contributed by atoms with E-state index < -0.39 is 11.6 Å². The molecule has 3 fully saturated rings. The fourth-order valence-electron chi connectivity index (χ4n) is 5.03. The standard InChI is InChI=1S/C25H26F2N4O4/c26-19-9-15(10-28)5-6-20(19)30-21-7-8-29-24(22(21)27)35-23-16-11-31(12-17(23)14-33-13-16)25(32)34-18-3-1-2-4-18/h5-9,16-18,23H,1-4,11-14H2,(H,29,30). The molecule has 1 amide bonds. The summed E-state index contributed by atoms with van der Waals surface area (Å²) < 4.78 is 46.9. The van der Waals surface area contributed by atoms with Gasteiger partial charge in [-0.05, 0) is 49.9 Å². The Morgan fingerprint density at radius 2 is 1.89 bits per heavy atom. The highest BCUT2D eigenvalue weighted by molar-refractivity contribution is 5.68. The Labute approximate surface area is 201 Å². The Balaban J connectivity index is 1.28. The van der Waals surface area contributed by atoms with Crippen molar-refractivity contribution < 1.29 is 27.8 Å². The number of rotatable bonds is 5. The third-order valence-corrected chi connectivity index (χ3v) is 6.80. The van der Waals surface area contributed by atoms with E-state index in [1.54, 1.807) is 4.90 Å². The van der Waals surface area contributed by atoms with Gasteiger partial charge in [0, 0.05) is 31.1 Å². The van der Waals surface area contributed by atoms with Crippen LogP contribution in [0.15, 0.2) is 30.5 Å². The third-order valence-electron chi connectivity index (χ3n) is 6.80. The Bertz CT molecular complexity index is 1120. The molecule has 2 unspecified atom stereocenters. The Morgan fingerprint density at radius 3 is 2.57 bits per heavy atom. The van der Waals surface area contributed by atoms with Crippen LogP contribution < -0.4 is 10.1 Å². The summed E-state index contributed by atoms with van der Waals surface area (Å²) in [7, 11) is 0. The summed E-state index contributed by atoms with van der Waals surface area (Å²) in [6.07, 6.45) is 4.64. The SMILES string of the molecule is N#Cc1ccc(Nc2ccnc(OC3C4COCC3CN(C(=O)OC3CCCC3)C4)c2F)c(F)c1. The molecule has 10 heteroatoms. The van der Waals surface area contributed by atoms with E-state index in [4.69, 9.17) is 19.5 Å². The van der Waals surface area contributed by atoms with Crippen molar-refractivity contribution in [3.63, 3.8) is 0 Å². The summed E-state index contributed by atoms with van der Waals surface area (Å²) in [6.45, 7) is 1.54. The van der Waals surface area contributed by atoms with Gasteiger partial charge in [0.2, 0.25) is 5.82 Å². The zero-order chi connectivity index (χ0) is 24.4. The Morgan fingerprint density at radius 1 is 1.14 bits per heavy atom. The monoisotopic (exact) mass is 484 g/mol. The van der Waals surface area contributed by atoms with Crippen LogP contribution >= 0.6 is 0 Å². The van der Waals surface area contributed by atoms with Crippen LogP contribution in [0, 0.1) is 34.8 Å². The van der Waals surface area contributed by atoms with Crippen LogP contribution in [-0.4, -0.2) is 54.5 Å². The largest absolute Gasteiger partial charge is 0.471 e. The number of anilines is 2. The molecule has 8 nitrogen and oxygen atoms in total. The normalized spacial score (nSPS) is 24.0. The van der Waals surface area contributed by atoms with Gasteiger partial charge in [0.1, 0.15) is 18.0 Å². The first-order valence-corrected chi connectivity index (χ1v) is 11.8. The maximum Gasteiger partial charge on any atom is 0.410 e. The molecule has 1 N–H and O–H groups in total. The number of carbonyl (C=O) groups excluding carboxylic acids is 1. The number of ether oxygens (including phenoxy) is 3. The number of halogens is 2. The summed E-state index contributed by atoms with van der Waals surface area (Å²) in [5.74, 6) is -1.95. The van der Waals surface area contributed by atoms with E-state index in [1.807, 2.05) is 6.07 Å². The van der Waals surface area contributed by atoms with E-state index >= 15 is 4.39 Å². The molecule has 35 heavy (non-hydrogen) atoms. The average molecular weight is 485 g/mol. The highest BCUT2D eigenvalue weighted by atomic mass is 19.1. The summed E-state index contributed by atoms with van der Waals surface area (Å²) >= 11 is 0. The van der Waals surface area contributed by atoms with Crippen molar-refractivity contribution in [3.8, 4) is 11.9 Å². The van der Waals surface area contributed by atoms with E-state index in [-0.39, 0.29) is 53.0 Å². The molecule has 2 saturated heterocycles. The number of carbonyl (C=O) groups is 1. The zero-order valence-corrected chi connectivity index (χ0v) is 19.1. The quantitative estimate of drug-likeness (QED) is 0.673. The molecule has 5 rings (SSSR count). The van der Waals surface area contributed by atoms with Gasteiger partial charge in [-0.15, -0.1) is 0 Å². The van der Waals surface area contributed by atoms with Crippen LogP contribution in [0.2, 0.25) is 0 Å². The second-order valence-corrected chi connectivity index (χ2v) is 9.24. The molecule has 1 aliphatic carbocycles. The third kappa shape index (κ3) is 5.00. The second kappa shape index (κ2) is 10.0. The fraction of sp³-hybridized carbons (Fsp3) is 0.480. The summed E-state index contributed by atoms with van der Waals surface area (Å²) in [4.78, 5) is 18.4. The van der Waals surface area contributed by atoms with E-state index in [0.29, 0.717) is 26.3 Å². The van der Waals surface area contributed by atoms with Gasteiger partial charge in [0.05, 0.1) is 36.2 Å². The number of likely N-dealkylation sites (tertiary alicyclic amines) is 1. The minimum absolute atomic E-state index is 0.00223. The average Bonchev–Trinajstić information content (AvgIpc) is 3.35. The molecule has 0 spiro atoms. The first kappa shape index (κ1) is 23.3. The lowest BCUT2D eigenvalue weighted by Gasteiger charge is -2.46. The highest BCUT2D eigenvalue weighted by Gasteiger charge is 2.44. The van der Waals surface area contributed by atoms with E-state index in [2.05, 4.69) is 10.3 Å². The number of hydrogen-bond acceptors (Lipinski definition) is 7. The van der Waals surface area contributed by atoms with Crippen molar-refractivity contribution in [3.05, 3.63) is 47.7 Å². The summed E-state index contributed by atoms with van der Waals surface area (Å²) in [6, 6.07) is 7.12. The second-order valence-electron chi connectivity index (χ2n) is 9.24. The Kier molecular flexibility index (Phi) is 6.68. The molecule has 2 bridgehead atoms. The van der Waals surface area contributed by atoms with Crippen molar-refractivity contribution in [1.29, 1.82) is 5.26 Å². The molecule has 1 aromatic heterocycles. The van der Waals surface area contributed by atoms with Crippen molar-refractivity contribution in [2.45, 2.75) is 37.9 Å². The van der Waals surface area contributed by atoms with Crippen LogP contribution in [0.5, 0.6) is 5.88 Å².